The van der Waals surface area contributed by atoms with Crippen molar-refractivity contribution in [3.63, 3.8) is 0 Å². The minimum atomic E-state index is -0.780. The molecule has 2 aromatic heterocycles. The van der Waals surface area contributed by atoms with Crippen molar-refractivity contribution >= 4 is 65.2 Å². The maximum absolute atomic E-state index is 9.54. The quantitative estimate of drug-likeness (QED) is 0.188. The van der Waals surface area contributed by atoms with Gasteiger partial charge in [0.1, 0.15) is 22.5 Å². The van der Waals surface area contributed by atoms with Crippen molar-refractivity contribution in [3.8, 4) is 33.6 Å². The highest BCUT2D eigenvalue weighted by Crippen LogP contribution is 2.51. The van der Waals surface area contributed by atoms with Crippen molar-refractivity contribution < 1.29 is 29.4 Å². The van der Waals surface area contributed by atoms with Crippen LogP contribution in [0.5, 0.6) is 0 Å². The van der Waals surface area contributed by atoms with E-state index in [4.69, 9.17) is 22.5 Å². The smallest absolute Gasteiger partial charge is 0.147 e. The molecule has 0 N–H and O–H groups in total. The van der Waals surface area contributed by atoms with Gasteiger partial charge in [-0.2, -0.15) is 0 Å². The number of para-hydroxylation sites is 1. The van der Waals surface area contributed by atoms with Gasteiger partial charge in [-0.1, -0.05) is 139 Å². The van der Waals surface area contributed by atoms with Crippen LogP contribution in [0.2, 0.25) is 0 Å². The van der Waals surface area contributed by atoms with Gasteiger partial charge in [0.2, 0.25) is 0 Å². The lowest BCUT2D eigenvalue weighted by Crippen LogP contribution is -1.92. The molecule has 0 bridgehead atoms. The standard InChI is InChI=1S/C44H26O2/c1-2-14-28(15-3-1)39-42-38(26-25-36-30-18-10-11-24-37(30)45-43(36)42)46-44(39)41-34-21-8-6-19-32(34)40(33-20-7-9-22-35(33)41)31-23-12-16-27-13-4-5-17-29(27)31/h1-26H/i4D,5D,6D,7D,8D,9D,12D,13D,16D,17D,19D,20D,21D,22D,23D. The molecule has 0 aliphatic carbocycles. The van der Waals surface area contributed by atoms with Crippen molar-refractivity contribution in [1.29, 1.82) is 0 Å². The molecule has 2 heterocycles. The summed E-state index contributed by atoms with van der Waals surface area (Å²) in [6.45, 7) is 0. The van der Waals surface area contributed by atoms with Gasteiger partial charge in [-0.15, -0.1) is 0 Å². The average molecular weight is 602 g/mol. The Balaban J connectivity index is 1.55. The van der Waals surface area contributed by atoms with E-state index in [1.54, 1.807) is 36.4 Å². The molecular formula is C44H26O2. The first-order valence-electron chi connectivity index (χ1n) is 22.0. The lowest BCUT2D eigenvalue weighted by molar-refractivity contribution is 0.633. The van der Waals surface area contributed by atoms with Crippen LogP contribution in [0.25, 0.3) is 98.8 Å². The van der Waals surface area contributed by atoms with Crippen LogP contribution < -0.4 is 0 Å². The Morgan fingerprint density at radius 1 is 0.413 bits per heavy atom. The van der Waals surface area contributed by atoms with Crippen LogP contribution in [0.1, 0.15) is 20.6 Å². The zero-order chi connectivity index (χ0) is 43.2. The van der Waals surface area contributed by atoms with Crippen LogP contribution >= 0.6 is 0 Å². The van der Waals surface area contributed by atoms with E-state index in [-0.39, 0.29) is 38.5 Å². The Hall–Kier alpha value is -6.12. The topological polar surface area (TPSA) is 26.3 Å². The Morgan fingerprint density at radius 2 is 1.04 bits per heavy atom. The monoisotopic (exact) mass is 601 g/mol. The second kappa shape index (κ2) is 9.69. The fraction of sp³-hybridized carbons (Fsp3) is 0. The number of fused-ring (bicyclic) bond motifs is 8. The molecular weight excluding hydrogens is 560 g/mol. The van der Waals surface area contributed by atoms with Gasteiger partial charge in [-0.05, 0) is 67.2 Å². The summed E-state index contributed by atoms with van der Waals surface area (Å²) in [4.78, 5) is 0. The van der Waals surface area contributed by atoms with Gasteiger partial charge < -0.3 is 8.83 Å². The molecule has 0 aliphatic heterocycles. The molecule has 0 saturated heterocycles. The van der Waals surface area contributed by atoms with Crippen LogP contribution in [0, 0.1) is 0 Å². The van der Waals surface area contributed by atoms with E-state index in [2.05, 4.69) is 0 Å². The molecule has 0 spiro atoms. The minimum absolute atomic E-state index is 0.0358. The molecule has 0 radical (unpaired) electrons. The van der Waals surface area contributed by atoms with Gasteiger partial charge in [0.15, 0.2) is 0 Å². The van der Waals surface area contributed by atoms with E-state index < -0.39 is 113 Å². The van der Waals surface area contributed by atoms with E-state index in [0.29, 0.717) is 27.7 Å². The molecule has 0 unspecified atom stereocenters. The van der Waals surface area contributed by atoms with Gasteiger partial charge in [0, 0.05) is 21.9 Å². The molecule has 214 valence electrons. The van der Waals surface area contributed by atoms with Crippen LogP contribution in [0.4, 0.5) is 0 Å². The second-order valence-corrected chi connectivity index (χ2v) is 10.8. The first-order chi connectivity index (χ1) is 29.1. The number of furan rings is 2. The molecule has 10 rings (SSSR count). The van der Waals surface area contributed by atoms with Gasteiger partial charge in [-0.25, -0.2) is 0 Å². The van der Waals surface area contributed by atoms with E-state index in [1.807, 2.05) is 30.3 Å². The molecule has 0 fully saturated rings. The van der Waals surface area contributed by atoms with Crippen molar-refractivity contribution in [2.45, 2.75) is 0 Å². The summed E-state index contributed by atoms with van der Waals surface area (Å²) < 4.78 is 149. The van der Waals surface area contributed by atoms with Gasteiger partial charge in [0.25, 0.3) is 0 Å². The number of hydrogen-bond acceptors (Lipinski definition) is 2. The molecule has 0 amide bonds. The average Bonchev–Trinajstić information content (AvgIpc) is 3.84. The zero-order valence-electron chi connectivity index (χ0n) is 38.7. The van der Waals surface area contributed by atoms with Crippen molar-refractivity contribution in [3.05, 3.63) is 157 Å². The summed E-state index contributed by atoms with van der Waals surface area (Å²) in [5.41, 5.74) is 1.22. The van der Waals surface area contributed by atoms with Crippen molar-refractivity contribution in [2.75, 3.05) is 0 Å². The lowest BCUT2D eigenvalue weighted by atomic mass is 9.85. The third kappa shape index (κ3) is 3.53. The first-order valence-corrected chi connectivity index (χ1v) is 14.5. The molecule has 8 aromatic carbocycles. The Labute approximate surface area is 285 Å². The predicted octanol–water partition coefficient (Wildman–Crippen LogP) is 12.8. The Bertz CT molecular complexity index is 3560. The predicted molar refractivity (Wildman–Crippen MR) is 192 cm³/mol. The molecule has 10 aromatic rings. The largest absolute Gasteiger partial charge is 0.455 e. The summed E-state index contributed by atoms with van der Waals surface area (Å²) in [5.74, 6) is -0.0358. The highest BCUT2D eigenvalue weighted by Gasteiger charge is 2.26. The lowest BCUT2D eigenvalue weighted by Gasteiger charge is -2.18. The summed E-state index contributed by atoms with van der Waals surface area (Å²) in [6, 6.07) is 9.20. The fourth-order valence-electron chi connectivity index (χ4n) is 6.53. The third-order valence-corrected chi connectivity index (χ3v) is 8.42. The van der Waals surface area contributed by atoms with Crippen molar-refractivity contribution in [2.24, 2.45) is 0 Å². The van der Waals surface area contributed by atoms with Crippen molar-refractivity contribution in [1.82, 2.24) is 0 Å². The van der Waals surface area contributed by atoms with Crippen LogP contribution in [-0.2, 0) is 0 Å². The Morgan fingerprint density at radius 3 is 1.80 bits per heavy atom. The molecule has 0 saturated carbocycles. The summed E-state index contributed by atoms with van der Waals surface area (Å²) in [7, 11) is 0. The van der Waals surface area contributed by atoms with E-state index in [0.717, 1.165) is 10.8 Å². The van der Waals surface area contributed by atoms with Gasteiger partial charge >= 0.3 is 0 Å². The zero-order valence-corrected chi connectivity index (χ0v) is 23.7. The first kappa shape index (κ1) is 14.8. The summed E-state index contributed by atoms with van der Waals surface area (Å²) in [6.07, 6.45) is 0. The number of hydrogen-bond donors (Lipinski definition) is 0. The number of benzene rings is 8. The van der Waals surface area contributed by atoms with E-state index >= 15 is 0 Å². The summed E-state index contributed by atoms with van der Waals surface area (Å²) >= 11 is 0. The van der Waals surface area contributed by atoms with Gasteiger partial charge in [-0.3, -0.25) is 0 Å². The van der Waals surface area contributed by atoms with E-state index in [9.17, 15) is 6.85 Å². The molecule has 2 heteroatoms. The molecule has 0 atom stereocenters. The fourth-order valence-corrected chi connectivity index (χ4v) is 6.53. The molecule has 2 nitrogen and oxygen atoms in total. The maximum atomic E-state index is 9.54. The highest BCUT2D eigenvalue weighted by molar-refractivity contribution is 6.26. The third-order valence-electron chi connectivity index (χ3n) is 8.42. The van der Waals surface area contributed by atoms with E-state index in [1.165, 1.54) is 0 Å². The molecule has 46 heavy (non-hydrogen) atoms. The normalized spacial score (nSPS) is 16.5. The SMILES string of the molecule is [2H]c1c([2H])c([2H])c2c(-c3c4c([2H])c([2H])c([2H])c([2H])c4c(-c4oc5ccc6c7ccccc7oc6c5c4-c4ccccc4)c4c([2H])c([2H])c([2H])c([2H])c34)c([2H])c([2H])c([2H])c2c1[2H]. The Kier molecular flexibility index (Phi) is 3.11. The second-order valence-electron chi connectivity index (χ2n) is 10.8. The van der Waals surface area contributed by atoms with Gasteiger partial charge in [0.05, 0.1) is 25.9 Å². The highest BCUT2D eigenvalue weighted by atomic mass is 16.3. The van der Waals surface area contributed by atoms with Crippen LogP contribution in [0.3, 0.4) is 0 Å². The maximum Gasteiger partial charge on any atom is 0.147 e. The number of rotatable bonds is 3. The molecule has 0 aliphatic rings. The minimum Gasteiger partial charge on any atom is -0.455 e. The summed E-state index contributed by atoms with van der Waals surface area (Å²) in [5, 5.41) is -0.171. The van der Waals surface area contributed by atoms with Crippen LogP contribution in [-0.4, -0.2) is 0 Å². The van der Waals surface area contributed by atoms with Crippen LogP contribution in [0.15, 0.2) is 166 Å².